The van der Waals surface area contributed by atoms with Crippen LogP contribution in [0, 0.1) is 31.6 Å². The van der Waals surface area contributed by atoms with Crippen LogP contribution in [0.1, 0.15) is 37.4 Å². The van der Waals surface area contributed by atoms with Crippen LogP contribution in [0.4, 0.5) is 5.88 Å². The highest BCUT2D eigenvalue weighted by Gasteiger charge is 2.42. The van der Waals surface area contributed by atoms with E-state index >= 15 is 0 Å². The monoisotopic (exact) mass is 280 g/mol. The SMILES string of the molecule is CCC1CC(C(=O)O)C(C(=O)Nc2onc(C)c2C)C1. The Labute approximate surface area is 117 Å². The number of nitrogens with zero attached hydrogens (tertiary/aromatic N) is 1. The largest absolute Gasteiger partial charge is 0.481 e. The average molecular weight is 280 g/mol. The van der Waals surface area contributed by atoms with Crippen LogP contribution < -0.4 is 5.32 Å². The maximum Gasteiger partial charge on any atom is 0.307 e. The number of carboxylic acids is 1. The molecule has 6 heteroatoms. The zero-order chi connectivity index (χ0) is 14.9. The third-order valence-electron chi connectivity index (χ3n) is 4.29. The van der Waals surface area contributed by atoms with Crippen molar-refractivity contribution in [1.82, 2.24) is 5.16 Å². The Hall–Kier alpha value is -1.85. The lowest BCUT2D eigenvalue weighted by Gasteiger charge is -2.14. The molecule has 0 radical (unpaired) electrons. The van der Waals surface area contributed by atoms with E-state index in [2.05, 4.69) is 10.5 Å². The van der Waals surface area contributed by atoms with Gasteiger partial charge in [-0.2, -0.15) is 0 Å². The molecule has 0 spiro atoms. The highest BCUT2D eigenvalue weighted by Crippen LogP contribution is 2.39. The van der Waals surface area contributed by atoms with E-state index in [0.29, 0.717) is 30.3 Å². The molecule has 1 fully saturated rings. The van der Waals surface area contributed by atoms with Crippen LogP contribution in [0.5, 0.6) is 0 Å². The number of anilines is 1. The molecule has 1 aromatic rings. The van der Waals surface area contributed by atoms with Crippen LogP contribution in [-0.4, -0.2) is 22.1 Å². The van der Waals surface area contributed by atoms with Crippen LogP contribution in [0.3, 0.4) is 0 Å². The number of nitrogens with one attached hydrogen (secondary N) is 1. The van der Waals surface area contributed by atoms with Gasteiger partial charge in [0, 0.05) is 5.56 Å². The fourth-order valence-corrected chi connectivity index (χ4v) is 2.78. The number of rotatable bonds is 4. The van der Waals surface area contributed by atoms with Crippen molar-refractivity contribution in [1.29, 1.82) is 0 Å². The third kappa shape index (κ3) is 2.69. The maximum atomic E-state index is 12.3. The minimum Gasteiger partial charge on any atom is -0.481 e. The lowest BCUT2D eigenvalue weighted by molar-refractivity contribution is -0.145. The number of aromatic nitrogens is 1. The first-order chi connectivity index (χ1) is 9.43. The first kappa shape index (κ1) is 14.6. The van der Waals surface area contributed by atoms with Gasteiger partial charge in [0.15, 0.2) is 0 Å². The van der Waals surface area contributed by atoms with Gasteiger partial charge in [-0.3, -0.25) is 14.9 Å². The number of carboxylic acid groups (broad SMARTS) is 1. The Morgan fingerprint density at radius 2 is 2.00 bits per heavy atom. The van der Waals surface area contributed by atoms with Crippen molar-refractivity contribution in [3.63, 3.8) is 0 Å². The number of amides is 1. The van der Waals surface area contributed by atoms with Crippen molar-refractivity contribution in [2.75, 3.05) is 5.32 Å². The molecular formula is C14H20N2O4. The van der Waals surface area contributed by atoms with Crippen LogP contribution in [0.15, 0.2) is 4.52 Å². The number of hydrogen-bond acceptors (Lipinski definition) is 4. The molecule has 0 saturated heterocycles. The molecule has 3 unspecified atom stereocenters. The molecule has 1 aromatic heterocycles. The molecule has 2 N–H and O–H groups in total. The second-order valence-electron chi connectivity index (χ2n) is 5.51. The van der Waals surface area contributed by atoms with Crippen LogP contribution in [0.25, 0.3) is 0 Å². The maximum absolute atomic E-state index is 12.3. The van der Waals surface area contributed by atoms with E-state index in [1.165, 1.54) is 0 Å². The highest BCUT2D eigenvalue weighted by atomic mass is 16.5. The third-order valence-corrected chi connectivity index (χ3v) is 4.29. The summed E-state index contributed by atoms with van der Waals surface area (Å²) < 4.78 is 5.04. The minimum atomic E-state index is -0.897. The van der Waals surface area contributed by atoms with E-state index in [4.69, 9.17) is 4.52 Å². The summed E-state index contributed by atoms with van der Waals surface area (Å²) in [6.45, 7) is 5.62. The minimum absolute atomic E-state index is 0.285. The van der Waals surface area contributed by atoms with E-state index in [1.54, 1.807) is 13.8 Å². The number of aliphatic carboxylic acids is 1. The summed E-state index contributed by atoms with van der Waals surface area (Å²) in [4.78, 5) is 23.6. The van der Waals surface area contributed by atoms with Gasteiger partial charge in [-0.05, 0) is 32.6 Å². The zero-order valence-corrected chi connectivity index (χ0v) is 12.0. The highest BCUT2D eigenvalue weighted by molar-refractivity contribution is 5.95. The summed E-state index contributed by atoms with van der Waals surface area (Å²) in [5.74, 6) is -1.67. The predicted molar refractivity (Wildman–Crippen MR) is 72.2 cm³/mol. The molecule has 0 aliphatic heterocycles. The Morgan fingerprint density at radius 3 is 2.50 bits per heavy atom. The second kappa shape index (κ2) is 5.64. The molecule has 110 valence electrons. The van der Waals surface area contributed by atoms with Gasteiger partial charge < -0.3 is 9.63 Å². The van der Waals surface area contributed by atoms with E-state index in [-0.39, 0.29) is 5.91 Å². The molecule has 20 heavy (non-hydrogen) atoms. The van der Waals surface area contributed by atoms with E-state index in [1.807, 2.05) is 6.92 Å². The first-order valence-electron chi connectivity index (χ1n) is 6.90. The molecular weight excluding hydrogens is 260 g/mol. The van der Waals surface area contributed by atoms with Crippen molar-refractivity contribution in [3.8, 4) is 0 Å². The standard InChI is InChI=1S/C14H20N2O4/c1-4-9-5-10(11(6-9)14(18)19)12(17)15-13-7(2)8(3)16-20-13/h9-11H,4-6H2,1-3H3,(H,15,17)(H,18,19). The van der Waals surface area contributed by atoms with Crippen LogP contribution in [0.2, 0.25) is 0 Å². The Bertz CT molecular complexity index is 523. The zero-order valence-electron chi connectivity index (χ0n) is 12.0. The first-order valence-corrected chi connectivity index (χ1v) is 6.90. The Morgan fingerprint density at radius 1 is 1.35 bits per heavy atom. The van der Waals surface area contributed by atoms with Gasteiger partial charge in [0.1, 0.15) is 0 Å². The van der Waals surface area contributed by atoms with Gasteiger partial charge in [-0.25, -0.2) is 0 Å². The summed E-state index contributed by atoms with van der Waals surface area (Å²) in [5, 5.41) is 15.7. The number of aryl methyl sites for hydroxylation is 1. The number of hydrogen-bond donors (Lipinski definition) is 2. The molecule has 1 aliphatic rings. The van der Waals surface area contributed by atoms with E-state index < -0.39 is 17.8 Å². The predicted octanol–water partition coefficient (Wildman–Crippen LogP) is 2.37. The van der Waals surface area contributed by atoms with Gasteiger partial charge in [0.2, 0.25) is 11.8 Å². The lowest BCUT2D eigenvalue weighted by atomic mass is 9.95. The number of carbonyl (C=O) groups excluding carboxylic acids is 1. The summed E-state index contributed by atoms with van der Waals surface area (Å²) in [5.41, 5.74) is 1.49. The quantitative estimate of drug-likeness (QED) is 0.883. The van der Waals surface area contributed by atoms with E-state index in [0.717, 1.165) is 12.0 Å². The fraction of sp³-hybridized carbons (Fsp3) is 0.643. The molecule has 0 aromatic carbocycles. The van der Waals surface area contributed by atoms with Gasteiger partial charge >= 0.3 is 5.97 Å². The molecule has 1 saturated carbocycles. The van der Waals surface area contributed by atoms with Gasteiger partial charge in [0.25, 0.3) is 0 Å². The van der Waals surface area contributed by atoms with Gasteiger partial charge in [-0.1, -0.05) is 18.5 Å². The Kier molecular flexibility index (Phi) is 4.11. The summed E-state index contributed by atoms with van der Waals surface area (Å²) in [6, 6.07) is 0. The summed E-state index contributed by atoms with van der Waals surface area (Å²) in [6.07, 6.45) is 2.08. The van der Waals surface area contributed by atoms with Crippen molar-refractivity contribution >= 4 is 17.8 Å². The fourth-order valence-electron chi connectivity index (χ4n) is 2.78. The van der Waals surface area contributed by atoms with Crippen molar-refractivity contribution in [3.05, 3.63) is 11.3 Å². The second-order valence-corrected chi connectivity index (χ2v) is 5.51. The van der Waals surface area contributed by atoms with Gasteiger partial charge in [-0.15, -0.1) is 0 Å². The summed E-state index contributed by atoms with van der Waals surface area (Å²) >= 11 is 0. The van der Waals surface area contributed by atoms with Crippen LogP contribution >= 0.6 is 0 Å². The molecule has 1 amide bonds. The lowest BCUT2D eigenvalue weighted by Crippen LogP contribution is -2.30. The van der Waals surface area contributed by atoms with Crippen molar-refractivity contribution in [2.45, 2.75) is 40.0 Å². The summed E-state index contributed by atoms with van der Waals surface area (Å²) in [7, 11) is 0. The van der Waals surface area contributed by atoms with Crippen LogP contribution in [-0.2, 0) is 9.59 Å². The van der Waals surface area contributed by atoms with Crippen molar-refractivity contribution < 1.29 is 19.2 Å². The smallest absolute Gasteiger partial charge is 0.307 e. The van der Waals surface area contributed by atoms with Crippen molar-refractivity contribution in [2.24, 2.45) is 17.8 Å². The molecule has 0 bridgehead atoms. The molecule has 6 nitrogen and oxygen atoms in total. The van der Waals surface area contributed by atoms with E-state index in [9.17, 15) is 14.7 Å². The molecule has 1 heterocycles. The topological polar surface area (TPSA) is 92.4 Å². The average Bonchev–Trinajstić information content (AvgIpc) is 2.97. The number of carbonyl (C=O) groups is 2. The molecule has 3 atom stereocenters. The molecule has 2 rings (SSSR count). The Balaban J connectivity index is 2.11. The van der Waals surface area contributed by atoms with Gasteiger partial charge in [0.05, 0.1) is 17.5 Å². The molecule has 1 aliphatic carbocycles. The normalized spacial score (nSPS) is 25.6.